The zero-order valence-corrected chi connectivity index (χ0v) is 22.3. The molecular formula is C30H49NO4. The van der Waals surface area contributed by atoms with Crippen LogP contribution in [0.25, 0.3) is 6.08 Å². The van der Waals surface area contributed by atoms with Crippen molar-refractivity contribution in [2.24, 2.45) is 0 Å². The first-order valence-corrected chi connectivity index (χ1v) is 14.1. The molecule has 0 aromatic heterocycles. The Balaban J connectivity index is 1.93. The molecule has 0 fully saturated rings. The van der Waals surface area contributed by atoms with Gasteiger partial charge in [0, 0.05) is 12.6 Å². The number of carbonyl (C=O) groups is 2. The zero-order valence-electron chi connectivity index (χ0n) is 22.3. The van der Waals surface area contributed by atoms with E-state index in [4.69, 9.17) is 9.47 Å². The van der Waals surface area contributed by atoms with E-state index >= 15 is 0 Å². The summed E-state index contributed by atoms with van der Waals surface area (Å²) in [4.78, 5) is 23.3. The van der Waals surface area contributed by atoms with E-state index in [0.29, 0.717) is 12.3 Å². The lowest BCUT2D eigenvalue weighted by Gasteiger charge is -2.04. The lowest BCUT2D eigenvalue weighted by atomic mass is 10.0. The van der Waals surface area contributed by atoms with Gasteiger partial charge < -0.3 is 14.8 Å². The minimum absolute atomic E-state index is 0.0854. The minimum Gasteiger partial charge on any atom is -0.434 e. The Hall–Kier alpha value is -2.30. The maximum atomic E-state index is 12.0. The maximum absolute atomic E-state index is 12.0. The van der Waals surface area contributed by atoms with Gasteiger partial charge in [0.2, 0.25) is 5.91 Å². The molecular weight excluding hydrogens is 438 g/mol. The van der Waals surface area contributed by atoms with Crippen LogP contribution in [0.4, 0.5) is 4.79 Å². The van der Waals surface area contributed by atoms with E-state index in [9.17, 15) is 9.59 Å². The molecule has 0 atom stereocenters. The van der Waals surface area contributed by atoms with E-state index in [1.165, 1.54) is 102 Å². The summed E-state index contributed by atoms with van der Waals surface area (Å²) in [5.41, 5.74) is 0.860. The molecule has 0 aliphatic rings. The van der Waals surface area contributed by atoms with Gasteiger partial charge in [-0.3, -0.25) is 4.79 Å². The molecule has 0 unspecified atom stereocenters. The Bertz CT molecular complexity index is 684. The summed E-state index contributed by atoms with van der Waals surface area (Å²) in [5.74, 6) is 0.325. The van der Waals surface area contributed by atoms with Crippen LogP contribution in [-0.4, -0.2) is 25.2 Å². The molecule has 1 N–H and O–H groups in total. The van der Waals surface area contributed by atoms with Crippen LogP contribution in [0.15, 0.2) is 30.3 Å². The van der Waals surface area contributed by atoms with Crippen LogP contribution < -0.4 is 10.1 Å². The predicted molar refractivity (Wildman–Crippen MR) is 146 cm³/mol. The van der Waals surface area contributed by atoms with Gasteiger partial charge >= 0.3 is 6.16 Å². The van der Waals surface area contributed by atoms with Crippen LogP contribution >= 0.6 is 0 Å². The Morgan fingerprint density at radius 2 is 1.20 bits per heavy atom. The van der Waals surface area contributed by atoms with E-state index < -0.39 is 6.16 Å². The third kappa shape index (κ3) is 18.7. The molecule has 198 valence electrons. The molecule has 0 bridgehead atoms. The quantitative estimate of drug-likeness (QED) is 0.0816. The van der Waals surface area contributed by atoms with Gasteiger partial charge in [-0.1, -0.05) is 115 Å². The van der Waals surface area contributed by atoms with Gasteiger partial charge in [-0.25, -0.2) is 4.79 Å². The molecule has 5 heteroatoms. The summed E-state index contributed by atoms with van der Waals surface area (Å²) in [7, 11) is 0. The van der Waals surface area contributed by atoms with Crippen LogP contribution in [-0.2, 0) is 9.53 Å². The number of ether oxygens (including phenoxy) is 2. The van der Waals surface area contributed by atoms with Gasteiger partial charge in [-0.2, -0.15) is 0 Å². The third-order valence-electron chi connectivity index (χ3n) is 6.10. The first-order chi connectivity index (χ1) is 17.2. The second-order valence-corrected chi connectivity index (χ2v) is 9.28. The van der Waals surface area contributed by atoms with E-state index in [1.807, 2.05) is 0 Å². The Morgan fingerprint density at radius 3 is 1.69 bits per heavy atom. The fraction of sp³-hybridized carbons (Fsp3) is 0.667. The van der Waals surface area contributed by atoms with Gasteiger partial charge in [-0.05, 0) is 37.1 Å². The number of hydrogen-bond donors (Lipinski definition) is 1. The third-order valence-corrected chi connectivity index (χ3v) is 6.10. The normalized spacial score (nSPS) is 11.0. The van der Waals surface area contributed by atoms with Crippen molar-refractivity contribution < 1.29 is 19.1 Å². The first-order valence-electron chi connectivity index (χ1n) is 14.1. The fourth-order valence-corrected chi connectivity index (χ4v) is 4.01. The van der Waals surface area contributed by atoms with E-state index in [0.717, 1.165) is 12.0 Å². The molecule has 0 spiro atoms. The smallest absolute Gasteiger partial charge is 0.434 e. The molecule has 0 heterocycles. The number of hydrogen-bond acceptors (Lipinski definition) is 4. The fourth-order valence-electron chi connectivity index (χ4n) is 4.01. The Morgan fingerprint density at radius 1 is 0.714 bits per heavy atom. The molecule has 1 aromatic rings. The highest BCUT2D eigenvalue weighted by molar-refractivity contribution is 5.91. The monoisotopic (exact) mass is 487 g/mol. The number of carbonyl (C=O) groups excluding carboxylic acids is 2. The number of unbranched alkanes of at least 4 members (excludes halogenated alkanes) is 15. The lowest BCUT2D eigenvalue weighted by molar-refractivity contribution is -0.116. The van der Waals surface area contributed by atoms with Crippen molar-refractivity contribution in [1.29, 1.82) is 0 Å². The number of benzene rings is 1. The summed E-state index contributed by atoms with van der Waals surface area (Å²) in [6.45, 7) is 4.99. The lowest BCUT2D eigenvalue weighted by Crippen LogP contribution is -2.21. The molecule has 0 saturated heterocycles. The van der Waals surface area contributed by atoms with E-state index in [1.54, 1.807) is 37.3 Å². The second kappa shape index (κ2) is 22.2. The van der Waals surface area contributed by atoms with Crippen LogP contribution in [0.1, 0.15) is 122 Å². The molecule has 1 aromatic carbocycles. The molecule has 1 rings (SSSR count). The largest absolute Gasteiger partial charge is 0.513 e. The summed E-state index contributed by atoms with van der Waals surface area (Å²) >= 11 is 0. The van der Waals surface area contributed by atoms with Crippen LogP contribution in [0, 0.1) is 0 Å². The highest BCUT2D eigenvalue weighted by Gasteiger charge is 2.04. The van der Waals surface area contributed by atoms with Crippen LogP contribution in [0.3, 0.4) is 0 Å². The van der Waals surface area contributed by atoms with Crippen LogP contribution in [0.5, 0.6) is 5.75 Å². The predicted octanol–water partition coefficient (Wildman–Crippen LogP) is 8.61. The van der Waals surface area contributed by atoms with E-state index in [2.05, 4.69) is 12.2 Å². The standard InChI is InChI=1S/C30H49NO4/c1-3-5-6-7-8-9-10-11-12-13-14-15-16-17-18-19-26-31-29(32)25-22-27-20-23-28(24-21-27)35-30(33)34-4-2/h20-25H,3-19,26H2,1-2H3,(H,31,32)/b25-22+. The van der Waals surface area contributed by atoms with Crippen molar-refractivity contribution in [1.82, 2.24) is 5.32 Å². The molecule has 5 nitrogen and oxygen atoms in total. The summed E-state index contributed by atoms with van der Waals surface area (Å²) in [6.07, 6.45) is 24.1. The van der Waals surface area contributed by atoms with Gasteiger partial charge in [-0.15, -0.1) is 0 Å². The average Bonchev–Trinajstić information content (AvgIpc) is 2.85. The van der Waals surface area contributed by atoms with Crippen LogP contribution in [0.2, 0.25) is 0 Å². The highest BCUT2D eigenvalue weighted by Crippen LogP contribution is 2.15. The number of nitrogens with one attached hydrogen (secondary N) is 1. The maximum Gasteiger partial charge on any atom is 0.513 e. The summed E-state index contributed by atoms with van der Waals surface area (Å²) < 4.78 is 9.75. The van der Waals surface area contributed by atoms with Crippen molar-refractivity contribution in [3.63, 3.8) is 0 Å². The van der Waals surface area contributed by atoms with Crippen molar-refractivity contribution in [3.05, 3.63) is 35.9 Å². The summed E-state index contributed by atoms with van der Waals surface area (Å²) in [5, 5.41) is 2.94. The minimum atomic E-state index is -0.718. The summed E-state index contributed by atoms with van der Waals surface area (Å²) in [6, 6.07) is 6.91. The van der Waals surface area contributed by atoms with Gasteiger partial charge in [0.15, 0.2) is 0 Å². The molecule has 0 aliphatic carbocycles. The van der Waals surface area contributed by atoms with Crippen molar-refractivity contribution in [2.75, 3.05) is 13.2 Å². The second-order valence-electron chi connectivity index (χ2n) is 9.28. The molecule has 0 aliphatic heterocycles. The Labute approximate surface area is 214 Å². The van der Waals surface area contributed by atoms with Gasteiger partial charge in [0.05, 0.1) is 6.61 Å². The molecule has 35 heavy (non-hydrogen) atoms. The number of amides is 1. The Kier molecular flexibility index (Phi) is 19.5. The molecule has 0 saturated carbocycles. The van der Waals surface area contributed by atoms with Gasteiger partial charge in [0.1, 0.15) is 5.75 Å². The van der Waals surface area contributed by atoms with Crippen molar-refractivity contribution >= 4 is 18.1 Å². The highest BCUT2D eigenvalue weighted by atomic mass is 16.7. The van der Waals surface area contributed by atoms with Crippen molar-refractivity contribution in [3.8, 4) is 5.75 Å². The van der Waals surface area contributed by atoms with Crippen molar-refractivity contribution in [2.45, 2.75) is 117 Å². The van der Waals surface area contributed by atoms with E-state index in [-0.39, 0.29) is 12.5 Å². The average molecular weight is 488 g/mol. The van der Waals surface area contributed by atoms with Gasteiger partial charge in [0.25, 0.3) is 0 Å². The first kappa shape index (κ1) is 30.7. The zero-order chi connectivity index (χ0) is 25.4. The SMILES string of the molecule is CCCCCCCCCCCCCCCCCCNC(=O)/C=C/c1ccc(OC(=O)OCC)cc1. The topological polar surface area (TPSA) is 64.6 Å². The molecule has 1 amide bonds. The molecule has 0 radical (unpaired) electrons. The number of rotatable bonds is 21.